The van der Waals surface area contributed by atoms with Crippen LogP contribution in [0, 0.1) is 0 Å². The summed E-state index contributed by atoms with van der Waals surface area (Å²) in [7, 11) is 0. The number of rotatable bonds is 0. The van der Waals surface area contributed by atoms with Crippen molar-refractivity contribution in [3.8, 4) is 5.75 Å². The van der Waals surface area contributed by atoms with Crippen LogP contribution in [0.2, 0.25) is 0 Å². The molecule has 0 fully saturated rings. The van der Waals surface area contributed by atoms with Gasteiger partial charge in [-0.15, -0.1) is 0 Å². The molecule has 0 aliphatic heterocycles. The highest BCUT2D eigenvalue weighted by Gasteiger charge is 2.22. The Bertz CT molecular complexity index is 466. The minimum absolute atomic E-state index is 0.0638. The lowest BCUT2D eigenvalue weighted by Crippen LogP contribution is -2.09. The molecule has 1 aromatic carbocycles. The minimum Gasteiger partial charge on any atom is -0.508 e. The largest absolute Gasteiger partial charge is 0.508 e. The van der Waals surface area contributed by atoms with Crippen molar-refractivity contribution in [1.82, 2.24) is 5.16 Å². The molecule has 74 valence electrons. The minimum atomic E-state index is -0.0638. The molecule has 3 nitrogen and oxygen atoms in total. The van der Waals surface area contributed by atoms with Gasteiger partial charge in [0, 0.05) is 16.9 Å². The predicted molar refractivity (Wildman–Crippen MR) is 54.4 cm³/mol. The number of benzene rings is 1. The Balaban J connectivity index is 2.70. The first-order valence-electron chi connectivity index (χ1n) is 4.57. The van der Waals surface area contributed by atoms with Gasteiger partial charge >= 0.3 is 0 Å². The zero-order valence-corrected chi connectivity index (χ0v) is 8.53. The highest BCUT2D eigenvalue weighted by Crippen LogP contribution is 2.31. The van der Waals surface area contributed by atoms with Gasteiger partial charge in [-0.1, -0.05) is 25.9 Å². The highest BCUT2D eigenvalue weighted by molar-refractivity contribution is 5.82. The van der Waals surface area contributed by atoms with Crippen LogP contribution in [0.5, 0.6) is 5.75 Å². The lowest BCUT2D eigenvalue weighted by Gasteiger charge is -2.13. The van der Waals surface area contributed by atoms with Gasteiger partial charge in [-0.3, -0.25) is 0 Å². The maximum atomic E-state index is 9.26. The lowest BCUT2D eigenvalue weighted by molar-refractivity contribution is 0.336. The molecule has 0 amide bonds. The van der Waals surface area contributed by atoms with Gasteiger partial charge in [0.1, 0.15) is 17.0 Å². The molecular formula is C11H13NO2. The lowest BCUT2D eigenvalue weighted by atomic mass is 9.91. The smallest absolute Gasteiger partial charge is 0.149 e. The topological polar surface area (TPSA) is 46.3 Å². The Kier molecular flexibility index (Phi) is 1.77. The van der Waals surface area contributed by atoms with Gasteiger partial charge in [0.2, 0.25) is 0 Å². The number of hydrogen-bond acceptors (Lipinski definition) is 3. The van der Waals surface area contributed by atoms with Crippen molar-refractivity contribution in [3.05, 3.63) is 24.0 Å². The van der Waals surface area contributed by atoms with E-state index in [2.05, 4.69) is 25.9 Å². The second-order valence-electron chi connectivity index (χ2n) is 4.46. The Morgan fingerprint density at radius 1 is 1.29 bits per heavy atom. The maximum Gasteiger partial charge on any atom is 0.149 e. The average Bonchev–Trinajstić information content (AvgIpc) is 2.45. The fourth-order valence-electron chi connectivity index (χ4n) is 1.47. The molecule has 0 unspecified atom stereocenters. The van der Waals surface area contributed by atoms with Crippen molar-refractivity contribution in [1.29, 1.82) is 0 Å². The van der Waals surface area contributed by atoms with Crippen LogP contribution in [-0.2, 0) is 5.41 Å². The molecule has 0 spiro atoms. The Morgan fingerprint density at radius 2 is 2.00 bits per heavy atom. The molecule has 1 aromatic heterocycles. The van der Waals surface area contributed by atoms with E-state index in [4.69, 9.17) is 4.52 Å². The quantitative estimate of drug-likeness (QED) is 0.696. The van der Waals surface area contributed by atoms with Gasteiger partial charge in [-0.05, 0) is 12.1 Å². The molecule has 0 aliphatic carbocycles. The van der Waals surface area contributed by atoms with E-state index in [0.29, 0.717) is 5.52 Å². The van der Waals surface area contributed by atoms with Gasteiger partial charge in [0.25, 0.3) is 0 Å². The van der Waals surface area contributed by atoms with Gasteiger partial charge in [-0.25, -0.2) is 0 Å². The first-order valence-corrected chi connectivity index (χ1v) is 4.57. The summed E-state index contributed by atoms with van der Waals surface area (Å²) < 4.78 is 5.27. The highest BCUT2D eigenvalue weighted by atomic mass is 16.5. The molecule has 0 bridgehead atoms. The SMILES string of the molecule is CC(C)(C)c1onc2cc(O)ccc12. The van der Waals surface area contributed by atoms with Crippen molar-refractivity contribution < 1.29 is 9.63 Å². The molecule has 0 saturated carbocycles. The normalized spacial score (nSPS) is 12.2. The molecule has 1 heterocycles. The first-order chi connectivity index (χ1) is 6.48. The summed E-state index contributed by atoms with van der Waals surface area (Å²) in [6.45, 7) is 6.21. The van der Waals surface area contributed by atoms with E-state index < -0.39 is 0 Å². The molecule has 0 aliphatic rings. The number of hydrogen-bond donors (Lipinski definition) is 1. The van der Waals surface area contributed by atoms with Crippen LogP contribution in [0.25, 0.3) is 10.9 Å². The van der Waals surface area contributed by atoms with Gasteiger partial charge in [0.15, 0.2) is 0 Å². The Labute approximate surface area is 82.3 Å². The molecular weight excluding hydrogens is 178 g/mol. The van der Waals surface area contributed by atoms with Crippen molar-refractivity contribution >= 4 is 10.9 Å². The molecule has 2 rings (SSSR count). The summed E-state index contributed by atoms with van der Waals surface area (Å²) in [6.07, 6.45) is 0. The van der Waals surface area contributed by atoms with Crippen LogP contribution in [0.4, 0.5) is 0 Å². The fraction of sp³-hybridized carbons (Fsp3) is 0.364. The number of phenols is 1. The average molecular weight is 191 g/mol. The van der Waals surface area contributed by atoms with Crippen molar-refractivity contribution in [2.75, 3.05) is 0 Å². The molecule has 0 saturated heterocycles. The summed E-state index contributed by atoms with van der Waals surface area (Å²) >= 11 is 0. The van der Waals surface area contributed by atoms with Crippen LogP contribution < -0.4 is 0 Å². The fourth-order valence-corrected chi connectivity index (χ4v) is 1.47. The molecule has 0 radical (unpaired) electrons. The van der Waals surface area contributed by atoms with Crippen molar-refractivity contribution in [2.24, 2.45) is 0 Å². The first kappa shape index (κ1) is 9.06. The number of aromatic hydroxyl groups is 1. The standard InChI is InChI=1S/C11H13NO2/c1-11(2,3)10-8-5-4-7(13)6-9(8)12-14-10/h4-6,13H,1-3H3. The van der Waals surface area contributed by atoms with E-state index in [1.807, 2.05) is 6.07 Å². The monoisotopic (exact) mass is 191 g/mol. The number of aromatic nitrogens is 1. The number of nitrogens with zero attached hydrogens (tertiary/aromatic N) is 1. The second-order valence-corrected chi connectivity index (χ2v) is 4.46. The van der Waals surface area contributed by atoms with E-state index in [0.717, 1.165) is 11.1 Å². The Hall–Kier alpha value is -1.51. The van der Waals surface area contributed by atoms with Crippen LogP contribution in [0.15, 0.2) is 22.7 Å². The predicted octanol–water partition coefficient (Wildman–Crippen LogP) is 2.83. The third-order valence-corrected chi connectivity index (χ3v) is 2.14. The van der Waals surface area contributed by atoms with Gasteiger partial charge in [-0.2, -0.15) is 0 Å². The van der Waals surface area contributed by atoms with Crippen LogP contribution in [-0.4, -0.2) is 10.3 Å². The van der Waals surface area contributed by atoms with Crippen molar-refractivity contribution in [2.45, 2.75) is 26.2 Å². The number of phenolic OH excluding ortho intramolecular Hbond substituents is 1. The molecule has 3 heteroatoms. The zero-order chi connectivity index (χ0) is 10.3. The summed E-state index contributed by atoms with van der Waals surface area (Å²) in [4.78, 5) is 0. The van der Waals surface area contributed by atoms with Gasteiger partial charge < -0.3 is 9.63 Å². The van der Waals surface area contributed by atoms with E-state index in [1.54, 1.807) is 12.1 Å². The summed E-state index contributed by atoms with van der Waals surface area (Å²) in [6, 6.07) is 5.09. The van der Waals surface area contributed by atoms with E-state index in [-0.39, 0.29) is 11.2 Å². The summed E-state index contributed by atoms with van der Waals surface area (Å²) in [5.41, 5.74) is 0.640. The van der Waals surface area contributed by atoms with E-state index in [9.17, 15) is 5.11 Å². The third-order valence-electron chi connectivity index (χ3n) is 2.14. The Morgan fingerprint density at radius 3 is 2.64 bits per heavy atom. The zero-order valence-electron chi connectivity index (χ0n) is 8.53. The number of fused-ring (bicyclic) bond motifs is 1. The van der Waals surface area contributed by atoms with Crippen LogP contribution in [0.1, 0.15) is 26.5 Å². The summed E-state index contributed by atoms with van der Waals surface area (Å²) in [5.74, 6) is 1.07. The maximum absolute atomic E-state index is 9.26. The van der Waals surface area contributed by atoms with Gasteiger partial charge in [0.05, 0.1) is 0 Å². The third kappa shape index (κ3) is 1.35. The van der Waals surface area contributed by atoms with Crippen LogP contribution >= 0.6 is 0 Å². The summed E-state index contributed by atoms with van der Waals surface area (Å²) in [5, 5.41) is 14.1. The molecule has 1 N–H and O–H groups in total. The van der Waals surface area contributed by atoms with E-state index in [1.165, 1.54) is 0 Å². The molecule has 0 atom stereocenters. The van der Waals surface area contributed by atoms with Crippen molar-refractivity contribution in [3.63, 3.8) is 0 Å². The van der Waals surface area contributed by atoms with E-state index >= 15 is 0 Å². The molecule has 14 heavy (non-hydrogen) atoms. The molecule has 2 aromatic rings. The second kappa shape index (κ2) is 2.74. The van der Waals surface area contributed by atoms with Crippen LogP contribution in [0.3, 0.4) is 0 Å².